The summed E-state index contributed by atoms with van der Waals surface area (Å²) in [5.74, 6) is 0.832. The van der Waals surface area contributed by atoms with Gasteiger partial charge >= 0.3 is 0 Å². The van der Waals surface area contributed by atoms with E-state index in [1.165, 1.54) is 0 Å². The third-order valence-electron chi connectivity index (χ3n) is 4.25. The van der Waals surface area contributed by atoms with Gasteiger partial charge in [-0.1, -0.05) is 30.3 Å². The number of carbonyl (C=O) groups is 1. The van der Waals surface area contributed by atoms with Crippen LogP contribution in [0.15, 0.2) is 67.0 Å². The quantitative estimate of drug-likeness (QED) is 0.564. The van der Waals surface area contributed by atoms with Crippen molar-refractivity contribution in [3.8, 4) is 5.69 Å². The zero-order valence-electron chi connectivity index (χ0n) is 14.2. The number of hydrogen-bond donors (Lipinski definition) is 2. The van der Waals surface area contributed by atoms with Crippen molar-refractivity contribution in [3.63, 3.8) is 0 Å². The molecule has 6 heteroatoms. The predicted molar refractivity (Wildman–Crippen MR) is 99.8 cm³/mol. The lowest BCUT2D eigenvalue weighted by Crippen LogP contribution is -2.24. The van der Waals surface area contributed by atoms with E-state index in [0.717, 1.165) is 28.1 Å². The smallest absolute Gasteiger partial charge is 0.220 e. The maximum Gasteiger partial charge on any atom is 0.220 e. The van der Waals surface area contributed by atoms with Crippen LogP contribution in [0.2, 0.25) is 0 Å². The number of aryl methyl sites for hydroxylation is 1. The molecule has 2 heterocycles. The number of aromatic amines is 1. The van der Waals surface area contributed by atoms with Gasteiger partial charge in [0.1, 0.15) is 5.82 Å². The van der Waals surface area contributed by atoms with E-state index >= 15 is 0 Å². The molecule has 0 saturated carbocycles. The number of hydrogen-bond acceptors (Lipinski definition) is 3. The lowest BCUT2D eigenvalue weighted by atomic mass is 10.1. The molecule has 0 unspecified atom stereocenters. The zero-order valence-corrected chi connectivity index (χ0v) is 14.2. The molecule has 0 fully saturated rings. The van der Waals surface area contributed by atoms with E-state index < -0.39 is 0 Å². The Morgan fingerprint density at radius 1 is 1.08 bits per heavy atom. The fourth-order valence-electron chi connectivity index (χ4n) is 2.93. The van der Waals surface area contributed by atoms with Crippen LogP contribution in [0.5, 0.6) is 0 Å². The van der Waals surface area contributed by atoms with Crippen LogP contribution < -0.4 is 5.32 Å². The number of nitrogens with one attached hydrogen (secondary N) is 2. The molecule has 2 aromatic carbocycles. The minimum Gasteiger partial charge on any atom is -0.352 e. The summed E-state index contributed by atoms with van der Waals surface area (Å²) in [5.41, 5.74) is 3.91. The van der Waals surface area contributed by atoms with Gasteiger partial charge in [-0.25, -0.2) is 9.67 Å². The molecule has 6 nitrogen and oxygen atoms in total. The summed E-state index contributed by atoms with van der Waals surface area (Å²) in [4.78, 5) is 20.0. The summed E-state index contributed by atoms with van der Waals surface area (Å²) in [5, 5.41) is 7.25. The Hall–Kier alpha value is -3.41. The average molecular weight is 345 g/mol. The second-order valence-corrected chi connectivity index (χ2v) is 6.06. The van der Waals surface area contributed by atoms with Crippen LogP contribution in [0.1, 0.15) is 17.8 Å². The van der Waals surface area contributed by atoms with Gasteiger partial charge < -0.3 is 10.3 Å². The topological polar surface area (TPSA) is 75.6 Å². The van der Waals surface area contributed by atoms with Gasteiger partial charge in [0.25, 0.3) is 0 Å². The molecule has 1 amide bonds. The molecule has 0 aliphatic rings. The minimum atomic E-state index is 0.000671. The van der Waals surface area contributed by atoms with Crippen LogP contribution in [-0.4, -0.2) is 25.7 Å². The van der Waals surface area contributed by atoms with E-state index in [9.17, 15) is 4.79 Å². The zero-order chi connectivity index (χ0) is 17.8. The molecule has 130 valence electrons. The highest BCUT2D eigenvalue weighted by Crippen LogP contribution is 2.14. The molecule has 0 aliphatic carbocycles. The molecule has 4 aromatic rings. The molecule has 0 aliphatic heterocycles. The second-order valence-electron chi connectivity index (χ2n) is 6.06. The van der Waals surface area contributed by atoms with Gasteiger partial charge in [-0.05, 0) is 29.8 Å². The van der Waals surface area contributed by atoms with E-state index in [4.69, 9.17) is 0 Å². The highest BCUT2D eigenvalue weighted by atomic mass is 16.1. The van der Waals surface area contributed by atoms with Crippen LogP contribution in [-0.2, 0) is 17.8 Å². The SMILES string of the molecule is O=C(CCc1nc2ccccc2[nH]1)NCc1ccccc1-n1cccn1. The number of fused-ring (bicyclic) bond motifs is 1. The molecule has 0 spiro atoms. The van der Waals surface area contributed by atoms with Crippen molar-refractivity contribution in [2.24, 2.45) is 0 Å². The van der Waals surface area contributed by atoms with Crippen LogP contribution >= 0.6 is 0 Å². The van der Waals surface area contributed by atoms with Crippen molar-refractivity contribution in [3.05, 3.63) is 78.4 Å². The Kier molecular flexibility index (Phi) is 4.47. The highest BCUT2D eigenvalue weighted by Gasteiger charge is 2.08. The van der Waals surface area contributed by atoms with Crippen molar-refractivity contribution >= 4 is 16.9 Å². The summed E-state index contributed by atoms with van der Waals surface area (Å²) >= 11 is 0. The number of H-pyrrole nitrogens is 1. The molecular weight excluding hydrogens is 326 g/mol. The molecule has 2 N–H and O–H groups in total. The third-order valence-corrected chi connectivity index (χ3v) is 4.25. The van der Waals surface area contributed by atoms with Gasteiger partial charge in [-0.2, -0.15) is 5.10 Å². The Morgan fingerprint density at radius 3 is 2.77 bits per heavy atom. The number of benzene rings is 2. The second kappa shape index (κ2) is 7.23. The van der Waals surface area contributed by atoms with Gasteiger partial charge in [-0.15, -0.1) is 0 Å². The number of nitrogens with zero attached hydrogens (tertiary/aromatic N) is 3. The Bertz CT molecular complexity index is 987. The molecule has 0 bridgehead atoms. The van der Waals surface area contributed by atoms with Gasteiger partial charge in [0, 0.05) is 31.8 Å². The van der Waals surface area contributed by atoms with Gasteiger partial charge in [-0.3, -0.25) is 4.79 Å². The fourth-order valence-corrected chi connectivity index (χ4v) is 2.93. The van der Waals surface area contributed by atoms with E-state index in [1.807, 2.05) is 60.8 Å². The molecule has 26 heavy (non-hydrogen) atoms. The molecule has 0 atom stereocenters. The van der Waals surface area contributed by atoms with Crippen molar-refractivity contribution in [2.45, 2.75) is 19.4 Å². The van der Waals surface area contributed by atoms with Crippen LogP contribution in [0.4, 0.5) is 0 Å². The lowest BCUT2D eigenvalue weighted by Gasteiger charge is -2.10. The Morgan fingerprint density at radius 2 is 1.92 bits per heavy atom. The highest BCUT2D eigenvalue weighted by molar-refractivity contribution is 5.77. The fraction of sp³-hybridized carbons (Fsp3) is 0.150. The monoisotopic (exact) mass is 345 g/mol. The van der Waals surface area contributed by atoms with Crippen LogP contribution in [0, 0.1) is 0 Å². The molecule has 2 aromatic heterocycles. The standard InChI is InChI=1S/C20H19N5O/c26-20(11-10-19-23-16-7-2-3-8-17(16)24-19)21-14-15-6-1-4-9-18(15)25-13-5-12-22-25/h1-9,12-13H,10-11,14H2,(H,21,26)(H,23,24). The molecular formula is C20H19N5O. The van der Waals surface area contributed by atoms with Crippen molar-refractivity contribution in [2.75, 3.05) is 0 Å². The van der Waals surface area contributed by atoms with Gasteiger partial charge in [0.2, 0.25) is 5.91 Å². The van der Waals surface area contributed by atoms with E-state index in [1.54, 1.807) is 10.9 Å². The van der Waals surface area contributed by atoms with Gasteiger partial charge in [0.15, 0.2) is 0 Å². The predicted octanol–water partition coefficient (Wildman–Crippen LogP) is 3.00. The van der Waals surface area contributed by atoms with Gasteiger partial charge in [0.05, 0.1) is 16.7 Å². The Balaban J connectivity index is 1.36. The number of rotatable bonds is 6. The average Bonchev–Trinajstić information content (AvgIpc) is 3.34. The first-order valence-electron chi connectivity index (χ1n) is 8.58. The Labute approximate surface area is 150 Å². The number of aromatic nitrogens is 4. The maximum absolute atomic E-state index is 12.2. The first-order valence-corrected chi connectivity index (χ1v) is 8.58. The normalized spacial score (nSPS) is 10.9. The van der Waals surface area contributed by atoms with Crippen molar-refractivity contribution in [1.29, 1.82) is 0 Å². The van der Waals surface area contributed by atoms with Crippen LogP contribution in [0.25, 0.3) is 16.7 Å². The minimum absolute atomic E-state index is 0.000671. The molecule has 4 rings (SSSR count). The van der Waals surface area contributed by atoms with Crippen LogP contribution in [0.3, 0.4) is 0 Å². The summed E-state index contributed by atoms with van der Waals surface area (Å²) in [6.45, 7) is 0.467. The van der Waals surface area contributed by atoms with E-state index in [0.29, 0.717) is 19.4 Å². The first kappa shape index (κ1) is 16.1. The number of amides is 1. The summed E-state index contributed by atoms with van der Waals surface area (Å²) in [6, 6.07) is 17.7. The maximum atomic E-state index is 12.2. The number of para-hydroxylation sites is 3. The summed E-state index contributed by atoms with van der Waals surface area (Å²) < 4.78 is 1.80. The van der Waals surface area contributed by atoms with Crippen molar-refractivity contribution < 1.29 is 4.79 Å². The lowest BCUT2D eigenvalue weighted by molar-refractivity contribution is -0.121. The first-order chi connectivity index (χ1) is 12.8. The number of imidazole rings is 1. The van der Waals surface area contributed by atoms with E-state index in [2.05, 4.69) is 20.4 Å². The summed E-state index contributed by atoms with van der Waals surface area (Å²) in [6.07, 6.45) is 4.61. The van der Waals surface area contributed by atoms with E-state index in [-0.39, 0.29) is 5.91 Å². The largest absolute Gasteiger partial charge is 0.352 e. The third kappa shape index (κ3) is 3.49. The summed E-state index contributed by atoms with van der Waals surface area (Å²) in [7, 11) is 0. The van der Waals surface area contributed by atoms with Crippen molar-refractivity contribution in [1.82, 2.24) is 25.1 Å². The molecule has 0 radical (unpaired) electrons. The molecule has 0 saturated heterocycles. The number of carbonyl (C=O) groups excluding carboxylic acids is 1.